The van der Waals surface area contributed by atoms with E-state index in [1.54, 1.807) is 0 Å². The van der Waals surface area contributed by atoms with Crippen molar-refractivity contribution in [2.24, 2.45) is 0 Å². The van der Waals surface area contributed by atoms with E-state index < -0.39 is 0 Å². The van der Waals surface area contributed by atoms with Crippen molar-refractivity contribution in [3.8, 4) is 0 Å². The van der Waals surface area contributed by atoms with Gasteiger partial charge in [0.1, 0.15) is 0 Å². The predicted octanol–water partition coefficient (Wildman–Crippen LogP) is 6.91. The molecule has 0 spiro atoms. The van der Waals surface area contributed by atoms with E-state index in [1.807, 2.05) is 72.6 Å². The van der Waals surface area contributed by atoms with Crippen LogP contribution in [0.2, 0.25) is 0 Å². The first-order valence-electron chi connectivity index (χ1n) is 14.6. The van der Waals surface area contributed by atoms with Crippen molar-refractivity contribution in [3.05, 3.63) is 95.1 Å². The molecule has 0 atom stereocenters. The number of hydrogen-bond acceptors (Lipinski definition) is 4. The van der Waals surface area contributed by atoms with E-state index in [0.717, 1.165) is 54.1 Å². The molecule has 1 fully saturated rings. The molecule has 1 saturated carbocycles. The number of anilines is 2. The van der Waals surface area contributed by atoms with E-state index in [2.05, 4.69) is 35.0 Å². The van der Waals surface area contributed by atoms with Gasteiger partial charge in [0.05, 0.1) is 11.3 Å². The monoisotopic (exact) mass is 536 g/mol. The topological polar surface area (TPSA) is 73.5 Å². The molecule has 2 amide bonds. The zero-order valence-corrected chi connectivity index (χ0v) is 23.6. The number of carbonyl (C=O) groups is 2. The van der Waals surface area contributed by atoms with E-state index in [1.165, 1.54) is 37.7 Å². The van der Waals surface area contributed by atoms with Gasteiger partial charge in [0, 0.05) is 42.1 Å². The first kappa shape index (κ1) is 27.7. The zero-order chi connectivity index (χ0) is 27.9. The van der Waals surface area contributed by atoms with E-state index in [4.69, 9.17) is 0 Å². The van der Waals surface area contributed by atoms with E-state index in [0.29, 0.717) is 11.1 Å². The maximum absolute atomic E-state index is 13.5. The summed E-state index contributed by atoms with van der Waals surface area (Å²) in [6.07, 6.45) is 8.02. The number of nitrogens with one attached hydrogen (secondary N) is 3. The van der Waals surface area contributed by atoms with Crippen LogP contribution in [0.1, 0.15) is 78.9 Å². The number of carbonyl (C=O) groups excluding carboxylic acids is 2. The largest absolute Gasteiger partial charge is 0.354 e. The lowest BCUT2D eigenvalue weighted by Crippen LogP contribution is -2.38. The van der Waals surface area contributed by atoms with Gasteiger partial charge in [0.15, 0.2) is 0 Å². The molecule has 3 aromatic carbocycles. The van der Waals surface area contributed by atoms with Crippen molar-refractivity contribution < 1.29 is 9.59 Å². The van der Waals surface area contributed by atoms with Crippen molar-refractivity contribution in [3.63, 3.8) is 0 Å². The van der Waals surface area contributed by atoms with Gasteiger partial charge in [0.2, 0.25) is 0 Å². The summed E-state index contributed by atoms with van der Waals surface area (Å²) >= 11 is 0. The fraction of sp³-hybridized carbons (Fsp3) is 0.353. The summed E-state index contributed by atoms with van der Waals surface area (Å²) in [6, 6.07) is 24.0. The first-order chi connectivity index (χ1) is 19.5. The Labute approximate surface area is 237 Å². The number of benzene rings is 3. The Bertz CT molecular complexity index is 1360. The third-order valence-electron chi connectivity index (χ3n) is 8.03. The number of nitrogens with zero attached hydrogens (tertiary/aromatic N) is 1. The highest BCUT2D eigenvalue weighted by Crippen LogP contribution is 2.38. The number of fused-ring (bicyclic) bond motifs is 1. The van der Waals surface area contributed by atoms with E-state index >= 15 is 0 Å². The quantitative estimate of drug-likeness (QED) is 0.194. The fourth-order valence-electron chi connectivity index (χ4n) is 5.65. The lowest BCUT2D eigenvalue weighted by molar-refractivity contribution is -0.110. The van der Waals surface area contributed by atoms with Gasteiger partial charge in [-0.15, -0.1) is 0 Å². The van der Waals surface area contributed by atoms with Crippen LogP contribution in [-0.2, 0) is 11.3 Å². The molecule has 6 nitrogen and oxygen atoms in total. The maximum Gasteiger partial charge on any atom is 0.258 e. The number of unbranched alkanes of at least 4 members (excludes halogenated alkanes) is 1. The Morgan fingerprint density at radius 2 is 1.70 bits per heavy atom. The smallest absolute Gasteiger partial charge is 0.258 e. The fourth-order valence-corrected chi connectivity index (χ4v) is 5.65. The van der Waals surface area contributed by atoms with Gasteiger partial charge in [-0.3, -0.25) is 9.59 Å². The van der Waals surface area contributed by atoms with Crippen LogP contribution in [-0.4, -0.2) is 36.3 Å². The van der Waals surface area contributed by atoms with Gasteiger partial charge in [-0.05, 0) is 67.3 Å². The number of hydrogen-bond donors (Lipinski definition) is 3. The molecule has 40 heavy (non-hydrogen) atoms. The predicted molar refractivity (Wildman–Crippen MR) is 164 cm³/mol. The van der Waals surface area contributed by atoms with Crippen molar-refractivity contribution >= 4 is 34.5 Å². The van der Waals surface area contributed by atoms with Crippen LogP contribution in [0.25, 0.3) is 11.3 Å². The minimum absolute atomic E-state index is 0.00533. The Hall–Kier alpha value is -3.90. The van der Waals surface area contributed by atoms with Gasteiger partial charge in [0.25, 0.3) is 11.8 Å². The van der Waals surface area contributed by atoms with Crippen LogP contribution in [0.3, 0.4) is 0 Å². The SMILES string of the molecule is CCCCNCc1ccc(N/C(=C2\C(=O)Nc3ccc(C(=O)N(C)C4CCCCC4)cc32)c2ccccc2)cc1. The van der Waals surface area contributed by atoms with Gasteiger partial charge >= 0.3 is 0 Å². The number of rotatable bonds is 10. The van der Waals surface area contributed by atoms with Crippen molar-refractivity contribution in [2.45, 2.75) is 64.5 Å². The molecule has 0 aromatic heterocycles. The minimum atomic E-state index is -0.177. The average molecular weight is 537 g/mol. The highest BCUT2D eigenvalue weighted by atomic mass is 16.2. The molecule has 0 unspecified atom stereocenters. The van der Waals surface area contributed by atoms with Crippen LogP contribution in [0.4, 0.5) is 11.4 Å². The van der Waals surface area contributed by atoms with Gasteiger partial charge in [-0.2, -0.15) is 0 Å². The molecule has 3 N–H and O–H groups in total. The van der Waals surface area contributed by atoms with Crippen LogP contribution < -0.4 is 16.0 Å². The van der Waals surface area contributed by atoms with Gasteiger partial charge in [-0.25, -0.2) is 0 Å². The van der Waals surface area contributed by atoms with Crippen molar-refractivity contribution in [1.82, 2.24) is 10.2 Å². The third kappa shape index (κ3) is 6.28. The first-order valence-corrected chi connectivity index (χ1v) is 14.6. The summed E-state index contributed by atoms with van der Waals surface area (Å²) in [5.74, 6) is -0.172. The molecule has 0 radical (unpaired) electrons. The minimum Gasteiger partial charge on any atom is -0.354 e. The normalized spacial score (nSPS) is 16.3. The Morgan fingerprint density at radius 3 is 2.42 bits per heavy atom. The Balaban J connectivity index is 1.46. The third-order valence-corrected chi connectivity index (χ3v) is 8.03. The molecule has 2 aliphatic rings. The molecule has 6 heteroatoms. The summed E-state index contributed by atoms with van der Waals surface area (Å²) in [6.45, 7) is 4.03. The molecular weight excluding hydrogens is 496 g/mol. The van der Waals surface area contributed by atoms with Crippen LogP contribution in [0.15, 0.2) is 72.8 Å². The molecule has 5 rings (SSSR count). The zero-order valence-electron chi connectivity index (χ0n) is 23.6. The molecular formula is C34H40N4O2. The van der Waals surface area contributed by atoms with E-state index in [9.17, 15) is 9.59 Å². The summed E-state index contributed by atoms with van der Waals surface area (Å²) < 4.78 is 0. The van der Waals surface area contributed by atoms with E-state index in [-0.39, 0.29) is 17.9 Å². The molecule has 0 bridgehead atoms. The van der Waals surface area contributed by atoms with Crippen molar-refractivity contribution in [2.75, 3.05) is 24.2 Å². The lowest BCUT2D eigenvalue weighted by atomic mass is 9.93. The highest BCUT2D eigenvalue weighted by Gasteiger charge is 2.30. The molecule has 0 saturated heterocycles. The summed E-state index contributed by atoms with van der Waals surface area (Å²) in [4.78, 5) is 28.8. The second-order valence-electron chi connectivity index (χ2n) is 10.9. The summed E-state index contributed by atoms with van der Waals surface area (Å²) in [5.41, 5.74) is 6.35. The number of amides is 2. The van der Waals surface area contributed by atoms with Crippen LogP contribution in [0.5, 0.6) is 0 Å². The van der Waals surface area contributed by atoms with Crippen molar-refractivity contribution in [1.29, 1.82) is 0 Å². The second-order valence-corrected chi connectivity index (χ2v) is 10.9. The molecule has 1 aliphatic heterocycles. The second kappa shape index (κ2) is 13.0. The van der Waals surface area contributed by atoms with Crippen LogP contribution in [0, 0.1) is 0 Å². The van der Waals surface area contributed by atoms with Gasteiger partial charge in [-0.1, -0.05) is 75.1 Å². The Morgan fingerprint density at radius 1 is 0.950 bits per heavy atom. The Kier molecular flexibility index (Phi) is 8.97. The summed E-state index contributed by atoms with van der Waals surface area (Å²) in [5, 5.41) is 10.0. The molecule has 1 heterocycles. The standard InChI is InChI=1S/C34H40N4O2/c1-3-4-21-35-23-24-15-18-27(19-16-24)36-32(25-11-7-5-8-12-25)31-29-22-26(17-20-30(29)37-33(31)39)34(40)38(2)28-13-9-6-10-14-28/h5,7-8,11-12,15-20,22,28,35-36H,3-4,6,9-10,13-14,21,23H2,1-2H3,(H,37,39)/b32-31-. The maximum atomic E-state index is 13.5. The lowest BCUT2D eigenvalue weighted by Gasteiger charge is -2.31. The summed E-state index contributed by atoms with van der Waals surface area (Å²) in [7, 11) is 1.91. The van der Waals surface area contributed by atoms with Gasteiger partial charge < -0.3 is 20.9 Å². The average Bonchev–Trinajstić information content (AvgIpc) is 3.33. The highest BCUT2D eigenvalue weighted by molar-refractivity contribution is 6.37. The molecule has 3 aromatic rings. The molecule has 208 valence electrons. The molecule has 1 aliphatic carbocycles. The van der Waals surface area contributed by atoms with Crippen LogP contribution >= 0.6 is 0 Å².